The van der Waals surface area contributed by atoms with E-state index < -0.39 is 0 Å². The van der Waals surface area contributed by atoms with E-state index >= 15 is 0 Å². The number of nitrogens with one attached hydrogen (secondary N) is 1. The van der Waals surface area contributed by atoms with Gasteiger partial charge in [0.15, 0.2) is 11.5 Å². The number of allylic oxidation sites excluding steroid dienone is 3. The molecule has 3 heterocycles. The van der Waals surface area contributed by atoms with Crippen molar-refractivity contribution in [3.63, 3.8) is 0 Å². The van der Waals surface area contributed by atoms with Crippen LogP contribution in [0, 0.1) is 0 Å². The smallest absolute Gasteiger partial charge is 0.161 e. The van der Waals surface area contributed by atoms with E-state index in [0.717, 1.165) is 36.4 Å². The number of ether oxygens (including phenoxy) is 2. The molecule has 0 fully saturated rings. The molecule has 1 N–H and O–H groups in total. The highest BCUT2D eigenvalue weighted by Gasteiger charge is 2.33. The van der Waals surface area contributed by atoms with Gasteiger partial charge in [-0.3, -0.25) is 14.3 Å². The molecule has 3 aliphatic rings. The van der Waals surface area contributed by atoms with E-state index in [4.69, 9.17) is 9.47 Å². The Morgan fingerprint density at radius 1 is 1.16 bits per heavy atom. The molecule has 0 bridgehead atoms. The summed E-state index contributed by atoms with van der Waals surface area (Å²) in [5.74, 6) is 1.49. The summed E-state index contributed by atoms with van der Waals surface area (Å²) < 4.78 is 15.3. The molecule has 1 aromatic carbocycles. The maximum Gasteiger partial charge on any atom is 0.161 e. The van der Waals surface area contributed by atoms with Gasteiger partial charge in [0.05, 0.1) is 20.3 Å². The third kappa shape index (κ3) is 3.91. The van der Waals surface area contributed by atoms with Crippen LogP contribution in [0.2, 0.25) is 0 Å². The third-order valence-electron chi connectivity index (χ3n) is 5.78. The third-order valence-corrected chi connectivity index (χ3v) is 6.82. The van der Waals surface area contributed by atoms with Crippen LogP contribution < -0.4 is 14.8 Å². The van der Waals surface area contributed by atoms with Crippen LogP contribution in [0.1, 0.15) is 24.4 Å². The lowest BCUT2D eigenvalue weighted by atomic mass is 9.96. The number of benzene rings is 1. The zero-order valence-electron chi connectivity index (χ0n) is 17.7. The van der Waals surface area contributed by atoms with Gasteiger partial charge in [-0.2, -0.15) is 5.10 Å². The fourth-order valence-electron chi connectivity index (χ4n) is 4.21. The normalized spacial score (nSPS) is 22.5. The minimum atomic E-state index is 0.167. The molecule has 0 saturated carbocycles. The summed E-state index contributed by atoms with van der Waals surface area (Å²) in [6.45, 7) is 0.981. The first-order chi connectivity index (χ1) is 15.3. The summed E-state index contributed by atoms with van der Waals surface area (Å²) in [5, 5.41) is 8.03. The average molecular weight is 435 g/mol. The van der Waals surface area contributed by atoms with Gasteiger partial charge in [0.2, 0.25) is 0 Å². The number of rotatable bonds is 6. The Kier molecular flexibility index (Phi) is 5.61. The van der Waals surface area contributed by atoms with Gasteiger partial charge in [0, 0.05) is 35.6 Å². The molecule has 2 atom stereocenters. The number of aromatic nitrogens is 2. The van der Waals surface area contributed by atoms with Crippen LogP contribution in [0.5, 0.6) is 11.5 Å². The van der Waals surface area contributed by atoms with Crippen LogP contribution in [0.15, 0.2) is 77.6 Å². The molecule has 0 amide bonds. The molecule has 5 rings (SSSR count). The predicted molar refractivity (Wildman–Crippen MR) is 125 cm³/mol. The quantitative estimate of drug-likeness (QED) is 0.674. The van der Waals surface area contributed by atoms with Crippen molar-refractivity contribution in [3.8, 4) is 11.5 Å². The summed E-state index contributed by atoms with van der Waals surface area (Å²) in [4.78, 5) is 1.25. The minimum Gasteiger partial charge on any atom is -0.493 e. The van der Waals surface area contributed by atoms with E-state index in [0.29, 0.717) is 6.04 Å². The SMILES string of the molecule is COc1ccc(C2=CN(SC3=CCC(n4cccn4)C=C3)C3NCCC=C23)cc1OC. The van der Waals surface area contributed by atoms with Crippen molar-refractivity contribution in [1.29, 1.82) is 0 Å². The van der Waals surface area contributed by atoms with Gasteiger partial charge in [-0.25, -0.2) is 0 Å². The number of methoxy groups -OCH3 is 2. The average Bonchev–Trinajstić information content (AvgIpc) is 3.48. The molecular weight excluding hydrogens is 408 g/mol. The highest BCUT2D eigenvalue weighted by molar-refractivity contribution is 8.01. The molecule has 7 heteroatoms. The van der Waals surface area contributed by atoms with Crippen molar-refractivity contribution in [1.82, 2.24) is 19.4 Å². The van der Waals surface area contributed by atoms with E-state index in [1.54, 1.807) is 26.2 Å². The summed E-state index contributed by atoms with van der Waals surface area (Å²) in [7, 11) is 3.34. The fourth-order valence-corrected chi connectivity index (χ4v) is 5.21. The van der Waals surface area contributed by atoms with Crippen LogP contribution in [0.25, 0.3) is 5.57 Å². The first kappa shape index (κ1) is 20.0. The minimum absolute atomic E-state index is 0.167. The molecular formula is C24H26N4O2S. The van der Waals surface area contributed by atoms with Crippen molar-refractivity contribution in [2.24, 2.45) is 0 Å². The van der Waals surface area contributed by atoms with Gasteiger partial charge in [0.1, 0.15) is 6.17 Å². The van der Waals surface area contributed by atoms with E-state index in [2.05, 4.69) is 57.4 Å². The first-order valence-corrected chi connectivity index (χ1v) is 11.3. The summed E-state index contributed by atoms with van der Waals surface area (Å²) in [6.07, 6.45) is 17.3. The van der Waals surface area contributed by atoms with Crippen molar-refractivity contribution in [3.05, 3.63) is 83.2 Å². The van der Waals surface area contributed by atoms with Crippen molar-refractivity contribution < 1.29 is 9.47 Å². The van der Waals surface area contributed by atoms with Gasteiger partial charge >= 0.3 is 0 Å². The van der Waals surface area contributed by atoms with E-state index in [1.165, 1.54) is 16.1 Å². The summed E-state index contributed by atoms with van der Waals surface area (Å²) in [5.41, 5.74) is 3.67. The lowest BCUT2D eigenvalue weighted by molar-refractivity contribution is 0.355. The summed E-state index contributed by atoms with van der Waals surface area (Å²) in [6, 6.07) is 8.38. The Bertz CT molecular complexity index is 1070. The standard InChI is InChI=1S/C24H26N4O2S/c1-29-22-11-6-17(15-23(22)30-2)21-16-28(24-20(21)5-3-12-25-24)31-19-9-7-18(8-10-19)27-14-4-13-26-27/h4-7,9-11,13-16,18,24-25H,3,8,12H2,1-2H3. The Labute approximate surface area is 187 Å². The number of hydrogen-bond acceptors (Lipinski definition) is 6. The second kappa shape index (κ2) is 8.69. The molecule has 2 aromatic rings. The van der Waals surface area contributed by atoms with Crippen molar-refractivity contribution >= 4 is 17.5 Å². The molecule has 31 heavy (non-hydrogen) atoms. The molecule has 2 unspecified atom stereocenters. The van der Waals surface area contributed by atoms with Crippen LogP contribution in [0.3, 0.4) is 0 Å². The van der Waals surface area contributed by atoms with E-state index in [-0.39, 0.29) is 6.17 Å². The van der Waals surface area contributed by atoms with Crippen LogP contribution in [-0.4, -0.2) is 41.0 Å². The van der Waals surface area contributed by atoms with E-state index in [9.17, 15) is 0 Å². The second-order valence-corrected chi connectivity index (χ2v) is 8.70. The number of fused-ring (bicyclic) bond motifs is 1. The molecule has 1 aromatic heterocycles. The van der Waals surface area contributed by atoms with Crippen LogP contribution in [-0.2, 0) is 0 Å². The molecule has 6 nitrogen and oxygen atoms in total. The lowest BCUT2D eigenvalue weighted by Crippen LogP contribution is -2.40. The monoisotopic (exact) mass is 434 g/mol. The molecule has 0 spiro atoms. The van der Waals surface area contributed by atoms with Crippen molar-refractivity contribution in [2.75, 3.05) is 20.8 Å². The molecule has 0 radical (unpaired) electrons. The summed E-state index contributed by atoms with van der Waals surface area (Å²) >= 11 is 1.77. The number of nitrogens with zero attached hydrogens (tertiary/aromatic N) is 3. The Balaban J connectivity index is 1.38. The van der Waals surface area contributed by atoms with Gasteiger partial charge in [0.25, 0.3) is 0 Å². The lowest BCUT2D eigenvalue weighted by Gasteiger charge is -2.29. The van der Waals surface area contributed by atoms with Gasteiger partial charge < -0.3 is 9.47 Å². The Morgan fingerprint density at radius 2 is 2.06 bits per heavy atom. The first-order valence-electron chi connectivity index (χ1n) is 10.5. The zero-order valence-corrected chi connectivity index (χ0v) is 18.5. The van der Waals surface area contributed by atoms with E-state index in [1.807, 2.05) is 29.2 Å². The van der Waals surface area contributed by atoms with Crippen LogP contribution >= 0.6 is 11.9 Å². The molecule has 1 aliphatic carbocycles. The predicted octanol–water partition coefficient (Wildman–Crippen LogP) is 4.54. The maximum absolute atomic E-state index is 5.53. The Morgan fingerprint density at radius 3 is 2.81 bits per heavy atom. The maximum atomic E-state index is 5.53. The van der Waals surface area contributed by atoms with Crippen LogP contribution in [0.4, 0.5) is 0 Å². The highest BCUT2D eigenvalue weighted by Crippen LogP contribution is 2.43. The largest absolute Gasteiger partial charge is 0.493 e. The van der Waals surface area contributed by atoms with Gasteiger partial charge in [-0.1, -0.05) is 24.3 Å². The second-order valence-electron chi connectivity index (χ2n) is 7.62. The van der Waals surface area contributed by atoms with Crippen molar-refractivity contribution in [2.45, 2.75) is 25.0 Å². The number of hydrogen-bond donors (Lipinski definition) is 1. The Hall–Kier alpha value is -2.90. The molecule has 2 aliphatic heterocycles. The highest BCUT2D eigenvalue weighted by atomic mass is 32.2. The van der Waals surface area contributed by atoms with Gasteiger partial charge in [-0.05, 0) is 60.2 Å². The topological polar surface area (TPSA) is 51.5 Å². The molecule has 0 saturated heterocycles. The van der Waals surface area contributed by atoms with Gasteiger partial charge in [-0.15, -0.1) is 0 Å². The fraction of sp³-hybridized carbons (Fsp3) is 0.292. The molecule has 160 valence electrons. The zero-order chi connectivity index (χ0) is 21.2.